The van der Waals surface area contributed by atoms with E-state index < -0.39 is 81.7 Å². The lowest BCUT2D eigenvalue weighted by molar-refractivity contribution is -0.175. The van der Waals surface area contributed by atoms with Crippen LogP contribution in [0.15, 0.2) is 64.7 Å². The number of aliphatic hydroxyl groups is 1. The number of epoxide rings is 1. The largest absolute Gasteiger partial charge is 0.505 e. The van der Waals surface area contributed by atoms with E-state index in [9.17, 15) is 43.8 Å². The number of ether oxygens (including phenoxy) is 4. The highest BCUT2D eigenvalue weighted by Gasteiger charge is 2.87. The van der Waals surface area contributed by atoms with Crippen molar-refractivity contribution in [3.63, 3.8) is 0 Å². The predicted molar refractivity (Wildman–Crippen MR) is 250 cm³/mol. The maximum atomic E-state index is 14.0. The number of amides is 2. The van der Waals surface area contributed by atoms with E-state index in [-0.39, 0.29) is 64.3 Å². The van der Waals surface area contributed by atoms with Crippen molar-refractivity contribution < 1.29 is 67.1 Å². The number of cyclic esters (lactones) is 2. The molecule has 1 aromatic carbocycles. The van der Waals surface area contributed by atoms with Crippen LogP contribution in [0.2, 0.25) is 0 Å². The summed E-state index contributed by atoms with van der Waals surface area (Å²) in [5.74, 6) is -4.59. The molecule has 16 heteroatoms. The van der Waals surface area contributed by atoms with Crippen LogP contribution < -0.4 is 10.6 Å². The number of carbonyl (C=O) groups is 7. The van der Waals surface area contributed by atoms with Crippen molar-refractivity contribution in [2.75, 3.05) is 5.32 Å². The molecule has 16 nitrogen and oxygen atoms in total. The molecule has 6 aliphatic rings. The van der Waals surface area contributed by atoms with Crippen LogP contribution in [0.4, 0.5) is 5.69 Å². The third-order valence-corrected chi connectivity index (χ3v) is 16.4. The Bertz CT molecular complexity index is 2440. The highest BCUT2D eigenvalue weighted by atomic mass is 16.6. The van der Waals surface area contributed by atoms with Crippen molar-refractivity contribution in [2.24, 2.45) is 39.4 Å². The Labute approximate surface area is 403 Å². The fourth-order valence-corrected chi connectivity index (χ4v) is 13.0. The fourth-order valence-electron chi connectivity index (χ4n) is 13.0. The lowest BCUT2D eigenvalue weighted by atomic mass is 9.39. The molecule has 2 aromatic rings. The Balaban J connectivity index is 0.000000207. The fraction of sp³-hybridized carbons (Fsp3) is 0.604. The molecule has 3 heterocycles. The molecular weight excluding hydrogens is 889 g/mol. The molecule has 0 radical (unpaired) electrons. The zero-order valence-electron chi connectivity index (χ0n) is 41.3. The minimum atomic E-state index is -1.42. The Morgan fingerprint density at radius 2 is 1.68 bits per heavy atom. The van der Waals surface area contributed by atoms with Crippen LogP contribution in [0.1, 0.15) is 142 Å². The lowest BCUT2D eigenvalue weighted by Gasteiger charge is -2.62. The number of fused-ring (bicyclic) bond motifs is 3. The standard InChI is InChI=1S/C27H38N2O9.C26H30O5/c1-6-7-8-10-19-24(38-21(31)13-15(2)3)17(5)37-27(35)22(16(4)36-26(19)34)29-25(33)18-11-9-12-20(23(18)32)28-14-30;1-22(2)17(27)7-9-23(3)16-6-10-24(4)15(14-8-11-30-13-14)12-18-26(24,31-18)25(16,5)21(29)19(28)20(22)23/h9,11-12,14-17,19,22,24,32H,6-8,10,13H2,1-5H3,(H,28,30)(H,29,33);7-9,11,13,15-16,18,28H,6,10,12H2,1-5H3. The van der Waals surface area contributed by atoms with Gasteiger partial charge in [-0.2, -0.15) is 0 Å². The van der Waals surface area contributed by atoms with Gasteiger partial charge in [0.05, 0.1) is 46.6 Å². The number of furan rings is 1. The van der Waals surface area contributed by atoms with Gasteiger partial charge in [0.1, 0.15) is 17.8 Å². The van der Waals surface area contributed by atoms with E-state index in [4.69, 9.17) is 23.4 Å². The number of Topliss-reactive ketones (excluding diaryl/α,β-unsaturated/α-hetero) is 1. The van der Waals surface area contributed by atoms with E-state index in [0.29, 0.717) is 24.8 Å². The Kier molecular flexibility index (Phi) is 14.0. The zero-order valence-corrected chi connectivity index (χ0v) is 41.3. The molecule has 1 spiro atoms. The molecule has 4 N–H and O–H groups in total. The van der Waals surface area contributed by atoms with Gasteiger partial charge in [-0.25, -0.2) is 4.79 Å². The predicted octanol–water partition coefficient (Wildman–Crippen LogP) is 7.98. The maximum Gasteiger partial charge on any atom is 0.332 e. The van der Waals surface area contributed by atoms with Gasteiger partial charge in [0.25, 0.3) is 5.91 Å². The van der Waals surface area contributed by atoms with Crippen molar-refractivity contribution in [1.29, 1.82) is 0 Å². The van der Waals surface area contributed by atoms with Gasteiger partial charge in [-0.05, 0) is 113 Å². The molecule has 2 aliphatic heterocycles. The molecule has 12 unspecified atom stereocenters. The molecule has 2 saturated carbocycles. The summed E-state index contributed by atoms with van der Waals surface area (Å²) in [4.78, 5) is 89.5. The maximum absolute atomic E-state index is 14.0. The number of hydrogen-bond donors (Lipinski definition) is 4. The van der Waals surface area contributed by atoms with Crippen molar-refractivity contribution in [3.8, 4) is 5.75 Å². The number of para-hydroxylation sites is 1. The van der Waals surface area contributed by atoms with E-state index in [1.54, 1.807) is 12.3 Å². The van der Waals surface area contributed by atoms with Gasteiger partial charge in [-0.3, -0.25) is 28.8 Å². The van der Waals surface area contributed by atoms with Crippen LogP contribution >= 0.6 is 0 Å². The second-order valence-electron chi connectivity index (χ2n) is 21.4. The van der Waals surface area contributed by atoms with E-state index >= 15 is 0 Å². The second-order valence-corrected chi connectivity index (χ2v) is 21.4. The Morgan fingerprint density at radius 3 is 2.33 bits per heavy atom. The highest BCUT2D eigenvalue weighted by Crippen LogP contribution is 2.81. The summed E-state index contributed by atoms with van der Waals surface area (Å²) in [6.45, 7) is 18.7. The third-order valence-electron chi connectivity index (χ3n) is 16.4. The summed E-state index contributed by atoms with van der Waals surface area (Å²) >= 11 is 0. The molecule has 0 bridgehead atoms. The first-order valence-electron chi connectivity index (χ1n) is 24.3. The number of anilines is 1. The number of allylic oxidation sites excluding steroid dienone is 4. The molecule has 69 heavy (non-hydrogen) atoms. The minimum absolute atomic E-state index is 0.00114. The highest BCUT2D eigenvalue weighted by molar-refractivity contribution is 6.06. The van der Waals surface area contributed by atoms with Crippen molar-refractivity contribution in [1.82, 2.24) is 5.32 Å². The number of phenolic OH excluding ortho intramolecular Hbond substituents is 1. The first-order valence-corrected chi connectivity index (χ1v) is 24.3. The van der Waals surface area contributed by atoms with Gasteiger partial charge in [0, 0.05) is 17.3 Å². The molecule has 2 amide bonds. The Morgan fingerprint density at radius 1 is 0.971 bits per heavy atom. The van der Waals surface area contributed by atoms with Crippen molar-refractivity contribution >= 4 is 47.5 Å². The van der Waals surface area contributed by atoms with E-state index in [0.717, 1.165) is 32.1 Å². The van der Waals surface area contributed by atoms with Gasteiger partial charge >= 0.3 is 17.9 Å². The average molecular weight is 957 g/mol. The summed E-state index contributed by atoms with van der Waals surface area (Å²) in [5, 5.41) is 26.5. The molecular formula is C53H68N2O14. The summed E-state index contributed by atoms with van der Waals surface area (Å²) < 4.78 is 28.8. The lowest BCUT2D eigenvalue weighted by Crippen LogP contribution is -2.66. The molecule has 374 valence electrons. The molecule has 4 fully saturated rings. The Hall–Kier alpha value is -5.77. The van der Waals surface area contributed by atoms with Gasteiger partial charge in [-0.15, -0.1) is 0 Å². The number of esters is 3. The number of rotatable bonds is 12. The summed E-state index contributed by atoms with van der Waals surface area (Å²) in [7, 11) is 0. The average Bonchev–Trinajstić information content (AvgIpc) is 3.62. The molecule has 2 saturated heterocycles. The van der Waals surface area contributed by atoms with Gasteiger partial charge < -0.3 is 44.2 Å². The van der Waals surface area contributed by atoms with Crippen LogP contribution in [0.25, 0.3) is 0 Å². The molecule has 1 aromatic heterocycles. The number of nitrogens with one attached hydrogen (secondary N) is 2. The number of aromatic hydroxyl groups is 1. The van der Waals surface area contributed by atoms with Crippen molar-refractivity contribution in [2.45, 2.75) is 163 Å². The van der Waals surface area contributed by atoms with Gasteiger partial charge in [0.2, 0.25) is 12.2 Å². The van der Waals surface area contributed by atoms with Gasteiger partial charge in [0.15, 0.2) is 29.4 Å². The number of ketones is 2. The number of benzene rings is 1. The van der Waals surface area contributed by atoms with E-state index in [1.807, 2.05) is 59.9 Å². The van der Waals surface area contributed by atoms with Gasteiger partial charge in [-0.1, -0.05) is 66.0 Å². The van der Waals surface area contributed by atoms with Crippen molar-refractivity contribution in [3.05, 3.63) is 71.4 Å². The quantitative estimate of drug-likeness (QED) is 0.0394. The number of carbonyl (C=O) groups excluding carboxylic acids is 7. The number of unbranched alkanes of at least 4 members (excludes halogenated alkanes) is 2. The van der Waals surface area contributed by atoms with Crippen LogP contribution in [0.3, 0.4) is 0 Å². The zero-order chi connectivity index (χ0) is 50.6. The topological polar surface area (TPSA) is 237 Å². The molecule has 4 aliphatic carbocycles. The smallest absolute Gasteiger partial charge is 0.332 e. The van der Waals surface area contributed by atoms with Crippen LogP contribution in [0.5, 0.6) is 5.75 Å². The van der Waals surface area contributed by atoms with Crippen LogP contribution in [-0.4, -0.2) is 88.1 Å². The monoisotopic (exact) mass is 956 g/mol. The molecule has 12 atom stereocenters. The number of hydrogen-bond acceptors (Lipinski definition) is 14. The first-order chi connectivity index (χ1) is 32.5. The van der Waals surface area contributed by atoms with Crippen LogP contribution in [0, 0.1) is 39.4 Å². The van der Waals surface area contributed by atoms with E-state index in [2.05, 4.69) is 24.5 Å². The van der Waals surface area contributed by atoms with Crippen LogP contribution in [-0.2, 0) is 47.7 Å². The summed E-state index contributed by atoms with van der Waals surface area (Å²) in [5.41, 5.74) is -1.61. The summed E-state index contributed by atoms with van der Waals surface area (Å²) in [6, 6.07) is 4.73. The molecule has 8 rings (SSSR count). The second kappa shape index (κ2) is 18.9. The number of aliphatic hydroxyl groups excluding tert-OH is 1. The van der Waals surface area contributed by atoms with E-state index in [1.165, 1.54) is 37.6 Å². The minimum Gasteiger partial charge on any atom is -0.505 e. The summed E-state index contributed by atoms with van der Waals surface area (Å²) in [6.07, 6.45) is 9.82. The third kappa shape index (κ3) is 8.37. The normalized spacial score (nSPS) is 35.3. The first kappa shape index (κ1) is 51.1. The SMILES string of the molecule is CC1(C)C(=O)C=CC2(C)C1=C(O)C(=O)C1(C)C2CCC2(C)C(c3ccoc3)CC3OC321.CCCCCC1C(=O)OC(C)C(NC(=O)c2cccc(NC=O)c2O)C(=O)OC(C)C1OC(=O)CC(C)C. The number of phenols is 1.